The second-order valence-corrected chi connectivity index (χ2v) is 12.4. The van der Waals surface area contributed by atoms with Gasteiger partial charge in [0.2, 0.25) is 0 Å². The van der Waals surface area contributed by atoms with E-state index in [-0.39, 0.29) is 0 Å². The Bertz CT molecular complexity index is 2340. The van der Waals surface area contributed by atoms with Crippen LogP contribution < -0.4 is 4.90 Å². The van der Waals surface area contributed by atoms with E-state index in [4.69, 9.17) is 4.98 Å². The van der Waals surface area contributed by atoms with Crippen molar-refractivity contribution in [1.29, 1.82) is 0 Å². The van der Waals surface area contributed by atoms with Gasteiger partial charge in [-0.25, -0.2) is 9.97 Å². The molecule has 0 N–H and O–H groups in total. The second-order valence-electron chi connectivity index (χ2n) is 12.4. The number of rotatable bonds is 4. The van der Waals surface area contributed by atoms with Crippen LogP contribution in [0, 0.1) is 13.8 Å². The third-order valence-corrected chi connectivity index (χ3v) is 9.57. The van der Waals surface area contributed by atoms with Crippen molar-refractivity contribution in [3.8, 4) is 5.69 Å². The molecule has 3 aromatic heterocycles. The summed E-state index contributed by atoms with van der Waals surface area (Å²) in [4.78, 5) is 15.9. The Morgan fingerprint density at radius 1 is 0.553 bits per heavy atom. The molecule has 1 aliphatic heterocycles. The predicted octanol–water partition coefficient (Wildman–Crippen LogP) is 9.75. The van der Waals surface area contributed by atoms with Crippen LogP contribution in [0.1, 0.15) is 33.4 Å². The summed E-state index contributed by atoms with van der Waals surface area (Å²) in [7, 11) is 0. The fourth-order valence-electron chi connectivity index (χ4n) is 7.66. The summed E-state index contributed by atoms with van der Waals surface area (Å²) in [5, 5.41) is 1.08. The van der Waals surface area contributed by atoms with Crippen LogP contribution in [0.2, 0.25) is 0 Å². The third-order valence-electron chi connectivity index (χ3n) is 9.57. The largest absolute Gasteiger partial charge is 0.310 e. The van der Waals surface area contributed by atoms with Crippen molar-refractivity contribution in [3.63, 3.8) is 0 Å². The van der Waals surface area contributed by atoms with Gasteiger partial charge in [-0.1, -0.05) is 96.1 Å². The first-order valence-electron chi connectivity index (χ1n) is 15.9. The summed E-state index contributed by atoms with van der Waals surface area (Å²) in [5.74, 6) is 0. The SMILES string of the molecule is Cc1ccc2c(c1)C(c1ccccc1)(c1ccccc1)c1cc(C)ccc1N2c1ccc2c(c1)c1ncccc1n2-c1cncnc1. The normalized spacial score (nSPS) is 13.4. The number of pyridine rings is 1. The molecule has 5 heteroatoms. The van der Waals surface area contributed by atoms with E-state index in [0.717, 1.165) is 44.7 Å². The Morgan fingerprint density at radius 2 is 1.17 bits per heavy atom. The van der Waals surface area contributed by atoms with Crippen molar-refractivity contribution in [2.24, 2.45) is 0 Å². The molecule has 0 amide bonds. The van der Waals surface area contributed by atoms with Crippen LogP contribution in [0.25, 0.3) is 27.6 Å². The zero-order valence-corrected chi connectivity index (χ0v) is 26.2. The third kappa shape index (κ3) is 3.99. The fourth-order valence-corrected chi connectivity index (χ4v) is 7.66. The first kappa shape index (κ1) is 27.3. The smallest absolute Gasteiger partial charge is 0.115 e. The molecule has 0 saturated heterocycles. The van der Waals surface area contributed by atoms with Gasteiger partial charge in [0.25, 0.3) is 0 Å². The quantitative estimate of drug-likeness (QED) is 0.200. The molecule has 5 nitrogen and oxygen atoms in total. The van der Waals surface area contributed by atoms with Crippen molar-refractivity contribution in [3.05, 3.63) is 186 Å². The molecular weight excluding hydrogens is 574 g/mol. The predicted molar refractivity (Wildman–Crippen MR) is 190 cm³/mol. The van der Waals surface area contributed by atoms with E-state index in [1.807, 2.05) is 24.7 Å². The molecule has 47 heavy (non-hydrogen) atoms. The topological polar surface area (TPSA) is 46.8 Å². The van der Waals surface area contributed by atoms with Gasteiger partial charge < -0.3 is 9.47 Å². The molecule has 0 aliphatic carbocycles. The molecule has 1 aliphatic rings. The molecule has 0 bridgehead atoms. The maximum absolute atomic E-state index is 4.88. The van der Waals surface area contributed by atoms with Crippen molar-refractivity contribution in [1.82, 2.24) is 19.5 Å². The van der Waals surface area contributed by atoms with E-state index >= 15 is 0 Å². The lowest BCUT2D eigenvalue weighted by Crippen LogP contribution is -2.38. The van der Waals surface area contributed by atoms with Gasteiger partial charge in [-0.15, -0.1) is 0 Å². The lowest BCUT2D eigenvalue weighted by atomic mass is 9.62. The first-order chi connectivity index (χ1) is 23.1. The van der Waals surface area contributed by atoms with E-state index in [2.05, 4.69) is 155 Å². The minimum Gasteiger partial charge on any atom is -0.310 e. The maximum Gasteiger partial charge on any atom is 0.115 e. The second kappa shape index (κ2) is 10.5. The van der Waals surface area contributed by atoms with E-state index in [1.165, 1.54) is 33.4 Å². The molecule has 224 valence electrons. The maximum atomic E-state index is 4.88. The van der Waals surface area contributed by atoms with Crippen LogP contribution in [-0.4, -0.2) is 19.5 Å². The fraction of sp³-hybridized carbons (Fsp3) is 0.0714. The molecule has 0 radical (unpaired) electrons. The van der Waals surface area contributed by atoms with Gasteiger partial charge in [-0.2, -0.15) is 0 Å². The minimum atomic E-state index is -0.517. The number of hydrogen-bond donors (Lipinski definition) is 0. The monoisotopic (exact) mass is 605 g/mol. The van der Waals surface area contributed by atoms with Gasteiger partial charge in [0.05, 0.1) is 51.4 Å². The van der Waals surface area contributed by atoms with Crippen LogP contribution >= 0.6 is 0 Å². The van der Waals surface area contributed by atoms with Crippen LogP contribution in [0.4, 0.5) is 17.1 Å². The molecule has 0 saturated carbocycles. The Morgan fingerprint density at radius 3 is 1.79 bits per heavy atom. The van der Waals surface area contributed by atoms with E-state index in [1.54, 1.807) is 6.33 Å². The number of aromatic nitrogens is 4. The van der Waals surface area contributed by atoms with Crippen molar-refractivity contribution < 1.29 is 0 Å². The Labute approximate surface area is 273 Å². The number of anilines is 3. The Balaban J connectivity index is 1.37. The molecule has 4 heterocycles. The summed E-state index contributed by atoms with van der Waals surface area (Å²) in [6.45, 7) is 4.38. The Kier molecular flexibility index (Phi) is 6.09. The summed E-state index contributed by atoms with van der Waals surface area (Å²) in [5.41, 5.74) is 14.3. The molecule has 8 aromatic rings. The molecular formula is C42H31N5. The summed E-state index contributed by atoms with van der Waals surface area (Å²) in [6.07, 6.45) is 7.13. The van der Waals surface area contributed by atoms with Crippen molar-refractivity contribution in [2.75, 3.05) is 4.90 Å². The summed E-state index contributed by atoms with van der Waals surface area (Å²) < 4.78 is 2.20. The lowest BCUT2D eigenvalue weighted by molar-refractivity contribution is 0.729. The van der Waals surface area contributed by atoms with Gasteiger partial charge >= 0.3 is 0 Å². The number of benzene rings is 5. The lowest BCUT2D eigenvalue weighted by Gasteiger charge is -2.47. The summed E-state index contributed by atoms with van der Waals surface area (Å²) in [6, 6.07) is 46.6. The number of fused-ring (bicyclic) bond motifs is 5. The summed E-state index contributed by atoms with van der Waals surface area (Å²) >= 11 is 0. The van der Waals surface area contributed by atoms with Gasteiger partial charge in [0.15, 0.2) is 0 Å². The van der Waals surface area contributed by atoms with Crippen molar-refractivity contribution >= 4 is 39.0 Å². The first-order valence-corrected chi connectivity index (χ1v) is 15.9. The van der Waals surface area contributed by atoms with Gasteiger partial charge in [-0.3, -0.25) is 4.98 Å². The molecule has 9 rings (SSSR count). The number of aryl methyl sites for hydroxylation is 2. The standard InChI is InChI=1S/C42H31N5/c1-28-15-18-38-35(22-28)42(30-10-5-3-6-11-30,31-12-7-4-8-13-31)36-23-29(2)16-19-39(36)46(38)32-17-20-37-34(24-32)41-40(14-9-21-45-41)47(37)33-25-43-27-44-26-33/h3-27H,1-2H3. The van der Waals surface area contributed by atoms with Crippen LogP contribution in [0.5, 0.6) is 0 Å². The highest BCUT2D eigenvalue weighted by atomic mass is 15.2. The van der Waals surface area contributed by atoms with Crippen molar-refractivity contribution in [2.45, 2.75) is 19.3 Å². The van der Waals surface area contributed by atoms with Gasteiger partial charge in [-0.05, 0) is 78.6 Å². The van der Waals surface area contributed by atoms with E-state index in [9.17, 15) is 0 Å². The van der Waals surface area contributed by atoms with E-state index < -0.39 is 5.41 Å². The zero-order chi connectivity index (χ0) is 31.5. The number of hydrogen-bond acceptors (Lipinski definition) is 4. The molecule has 0 spiro atoms. The van der Waals surface area contributed by atoms with Gasteiger partial charge in [0.1, 0.15) is 6.33 Å². The zero-order valence-electron chi connectivity index (χ0n) is 26.2. The molecule has 0 atom stereocenters. The average Bonchev–Trinajstić information content (AvgIpc) is 3.45. The Hall–Kier alpha value is -6.07. The highest BCUT2D eigenvalue weighted by molar-refractivity contribution is 6.09. The average molecular weight is 606 g/mol. The van der Waals surface area contributed by atoms with Crippen LogP contribution in [0.3, 0.4) is 0 Å². The van der Waals surface area contributed by atoms with Crippen LogP contribution in [0.15, 0.2) is 152 Å². The highest BCUT2D eigenvalue weighted by Gasteiger charge is 2.46. The minimum absolute atomic E-state index is 0.517. The molecule has 0 unspecified atom stereocenters. The van der Waals surface area contributed by atoms with E-state index in [0.29, 0.717) is 0 Å². The molecule has 0 fully saturated rings. The highest BCUT2D eigenvalue weighted by Crippen LogP contribution is 2.58. The number of nitrogens with zero attached hydrogens (tertiary/aromatic N) is 5. The van der Waals surface area contributed by atoms with Crippen LogP contribution in [-0.2, 0) is 5.41 Å². The molecule has 5 aromatic carbocycles. The van der Waals surface area contributed by atoms with Gasteiger partial charge in [0, 0.05) is 17.3 Å².